The molecule has 12 nitrogen and oxygen atoms in total. The first-order valence-corrected chi connectivity index (χ1v) is 8.31. The van der Waals surface area contributed by atoms with Gasteiger partial charge in [0.05, 0.1) is 18.0 Å². The summed E-state index contributed by atoms with van der Waals surface area (Å²) in [5, 5.41) is 36.8. The molecular weight excluding hydrogens is 338 g/mol. The maximum atomic E-state index is 9.17. The number of aryl methyl sites for hydroxylation is 1. The van der Waals surface area contributed by atoms with E-state index in [1.54, 1.807) is 9.19 Å². The molecule has 138 valence electrons. The van der Waals surface area contributed by atoms with Crippen LogP contribution in [0.1, 0.15) is 30.1 Å². The highest BCUT2D eigenvalue weighted by atomic mass is 16.3. The van der Waals surface area contributed by atoms with Crippen molar-refractivity contribution in [3.63, 3.8) is 0 Å². The van der Waals surface area contributed by atoms with Crippen LogP contribution in [0.25, 0.3) is 5.65 Å². The van der Waals surface area contributed by atoms with E-state index in [9.17, 15) is 0 Å². The first kappa shape index (κ1) is 16.6. The highest BCUT2D eigenvalue weighted by Gasteiger charge is 2.43. The summed E-state index contributed by atoms with van der Waals surface area (Å²) < 4.78 is 3.36. The van der Waals surface area contributed by atoms with Crippen molar-refractivity contribution in [2.24, 2.45) is 16.6 Å². The highest BCUT2D eigenvalue weighted by molar-refractivity contribution is 5.96. The number of nitrogens with zero attached hydrogens (tertiary/aromatic N) is 7. The molecule has 1 unspecified atom stereocenters. The largest absolute Gasteiger partial charge is 0.396 e. The molecule has 0 radical (unpaired) electrons. The Morgan fingerprint density at radius 1 is 1.15 bits per heavy atom. The van der Waals surface area contributed by atoms with Crippen LogP contribution < -0.4 is 16.8 Å². The second-order valence-corrected chi connectivity index (χ2v) is 6.27. The molecule has 0 amide bonds. The Bertz CT molecular complexity index is 996. The van der Waals surface area contributed by atoms with Crippen LogP contribution in [0.3, 0.4) is 0 Å². The number of rotatable bonds is 6. The van der Waals surface area contributed by atoms with E-state index in [-0.39, 0.29) is 6.61 Å². The predicted octanol–water partition coefficient (Wildman–Crippen LogP) is -1.55. The first-order valence-electron chi connectivity index (χ1n) is 8.31. The Morgan fingerprint density at radius 3 is 2.65 bits per heavy atom. The second-order valence-electron chi connectivity index (χ2n) is 6.27. The van der Waals surface area contributed by atoms with Gasteiger partial charge in [-0.05, 0) is 20.4 Å². The summed E-state index contributed by atoms with van der Waals surface area (Å²) in [5.74, 6) is 1.76. The molecule has 12 heteroatoms. The average Bonchev–Trinajstić information content (AvgIpc) is 3.31. The van der Waals surface area contributed by atoms with E-state index in [0.717, 1.165) is 11.5 Å². The van der Waals surface area contributed by atoms with Gasteiger partial charge in [0, 0.05) is 12.8 Å². The van der Waals surface area contributed by atoms with Crippen molar-refractivity contribution in [3.05, 3.63) is 23.2 Å². The predicted molar refractivity (Wildman–Crippen MR) is 93.6 cm³/mol. The lowest BCUT2D eigenvalue weighted by molar-refractivity contribution is 0.295. The summed E-state index contributed by atoms with van der Waals surface area (Å²) in [6.07, 6.45) is 0.952. The molecule has 0 saturated carbocycles. The van der Waals surface area contributed by atoms with E-state index >= 15 is 0 Å². The Hall–Kier alpha value is -2.83. The third-order valence-corrected chi connectivity index (χ3v) is 4.51. The summed E-state index contributed by atoms with van der Waals surface area (Å²) in [6.45, 7) is 4.16. The molecule has 4 rings (SSSR count). The van der Waals surface area contributed by atoms with Crippen molar-refractivity contribution >= 4 is 17.0 Å². The Balaban J connectivity index is 1.75. The minimum Gasteiger partial charge on any atom is -0.396 e. The number of nitrogens with two attached hydrogens (primary N) is 2. The van der Waals surface area contributed by atoms with Gasteiger partial charge in [0.25, 0.3) is 0 Å². The first-order chi connectivity index (χ1) is 12.5. The van der Waals surface area contributed by atoms with E-state index in [1.807, 2.05) is 13.8 Å². The smallest absolute Gasteiger partial charge is 0.201 e. The van der Waals surface area contributed by atoms with Crippen molar-refractivity contribution in [1.82, 2.24) is 34.7 Å². The average molecular weight is 359 g/mol. The van der Waals surface area contributed by atoms with Crippen LogP contribution in [-0.4, -0.2) is 58.7 Å². The van der Waals surface area contributed by atoms with E-state index in [2.05, 4.69) is 35.9 Å². The van der Waals surface area contributed by atoms with Crippen molar-refractivity contribution in [2.75, 3.05) is 18.5 Å². The number of anilines is 1. The lowest BCUT2D eigenvalue weighted by Gasteiger charge is -2.24. The number of aromatic nitrogens is 7. The minimum atomic E-state index is -1.14. The number of hydrogen-bond acceptors (Lipinski definition) is 9. The molecule has 3 aromatic heterocycles. The molecule has 4 heterocycles. The normalized spacial score (nSPS) is 19.2. The minimum absolute atomic E-state index is 0.0428. The van der Waals surface area contributed by atoms with Crippen LogP contribution in [0.5, 0.6) is 0 Å². The third kappa shape index (κ3) is 2.23. The molecular formula is C14H21N11O. The number of aliphatic hydroxyl groups is 1. The molecule has 26 heavy (non-hydrogen) atoms. The van der Waals surface area contributed by atoms with Gasteiger partial charge in [-0.3, -0.25) is 10.8 Å². The summed E-state index contributed by atoms with van der Waals surface area (Å²) in [7, 11) is 0. The van der Waals surface area contributed by atoms with Crippen molar-refractivity contribution in [1.29, 1.82) is 0 Å². The number of hydrogen-bond donors (Lipinski definition) is 5. The highest BCUT2D eigenvalue weighted by Crippen LogP contribution is 2.31. The number of aromatic amines is 1. The molecule has 1 atom stereocenters. The molecule has 1 aliphatic rings. The summed E-state index contributed by atoms with van der Waals surface area (Å²) in [6, 6.07) is 0. The fourth-order valence-electron chi connectivity index (χ4n) is 3.08. The quantitative estimate of drug-likeness (QED) is 0.329. The van der Waals surface area contributed by atoms with Crippen LogP contribution in [0.2, 0.25) is 0 Å². The van der Waals surface area contributed by atoms with Crippen LogP contribution in [-0.2, 0) is 18.5 Å². The van der Waals surface area contributed by atoms with Crippen molar-refractivity contribution in [3.8, 4) is 0 Å². The summed E-state index contributed by atoms with van der Waals surface area (Å²) >= 11 is 0. The number of nitrogens with one attached hydrogen (secondary N) is 2. The third-order valence-electron chi connectivity index (χ3n) is 4.51. The molecule has 7 N–H and O–H groups in total. The van der Waals surface area contributed by atoms with Gasteiger partial charge in [0.15, 0.2) is 17.3 Å². The lowest BCUT2D eigenvalue weighted by Crippen LogP contribution is -2.49. The fourth-order valence-corrected chi connectivity index (χ4v) is 3.08. The SMILES string of the molecule is CC1=Nn2c(CCO)nnc2C1(N)Nc1c(C)[nH]n2c(CCN)nnc12. The Labute approximate surface area is 148 Å². The van der Waals surface area contributed by atoms with Gasteiger partial charge >= 0.3 is 0 Å². The van der Waals surface area contributed by atoms with Crippen molar-refractivity contribution < 1.29 is 5.11 Å². The molecule has 0 saturated heterocycles. The van der Waals surface area contributed by atoms with Crippen LogP contribution >= 0.6 is 0 Å². The maximum Gasteiger partial charge on any atom is 0.201 e. The fraction of sp³-hybridized carbons (Fsp3) is 0.500. The maximum absolute atomic E-state index is 9.17. The molecule has 3 aromatic rings. The molecule has 0 fully saturated rings. The van der Waals surface area contributed by atoms with Crippen LogP contribution in [0, 0.1) is 6.92 Å². The lowest BCUT2D eigenvalue weighted by atomic mass is 10.1. The van der Waals surface area contributed by atoms with E-state index in [1.165, 1.54) is 0 Å². The van der Waals surface area contributed by atoms with E-state index < -0.39 is 5.66 Å². The topological polar surface area (TPSA) is 173 Å². The molecule has 0 bridgehead atoms. The van der Waals surface area contributed by atoms with Crippen LogP contribution in [0.15, 0.2) is 5.10 Å². The van der Waals surface area contributed by atoms with Gasteiger partial charge < -0.3 is 16.2 Å². The number of aliphatic hydroxyl groups excluding tert-OH is 1. The molecule has 0 aromatic carbocycles. The Kier molecular flexibility index (Phi) is 3.75. The number of H-pyrrole nitrogens is 1. The van der Waals surface area contributed by atoms with Gasteiger partial charge in [-0.25, -0.2) is 4.52 Å². The van der Waals surface area contributed by atoms with Crippen molar-refractivity contribution in [2.45, 2.75) is 32.4 Å². The number of fused-ring (bicyclic) bond motifs is 2. The van der Waals surface area contributed by atoms with Gasteiger partial charge in [-0.2, -0.15) is 9.78 Å². The zero-order valence-corrected chi connectivity index (χ0v) is 14.6. The summed E-state index contributed by atoms with van der Waals surface area (Å²) in [5.41, 5.74) is 13.9. The second kappa shape index (κ2) is 5.86. The zero-order chi connectivity index (χ0) is 18.5. The monoisotopic (exact) mass is 359 g/mol. The van der Waals surface area contributed by atoms with Gasteiger partial charge in [-0.15, -0.1) is 20.4 Å². The van der Waals surface area contributed by atoms with E-state index in [0.29, 0.717) is 48.1 Å². The van der Waals surface area contributed by atoms with Crippen LogP contribution in [0.4, 0.5) is 5.69 Å². The van der Waals surface area contributed by atoms with E-state index in [4.69, 9.17) is 16.6 Å². The zero-order valence-electron chi connectivity index (χ0n) is 14.6. The molecule has 1 aliphatic heterocycles. The standard InChI is InChI=1S/C14H21N11O/c1-7-11(12-20-18-9(3-5-15)24(12)22-7)17-14(16)8(2)23-25-10(4-6-26)19-21-13(14)25/h17,22,26H,3-6,15-16H2,1-2H3. The van der Waals surface area contributed by atoms with Gasteiger partial charge in [-0.1, -0.05) is 0 Å². The molecule has 0 spiro atoms. The molecule has 0 aliphatic carbocycles. The summed E-state index contributed by atoms with van der Waals surface area (Å²) in [4.78, 5) is 0. The Morgan fingerprint density at radius 2 is 1.92 bits per heavy atom. The van der Waals surface area contributed by atoms with Gasteiger partial charge in [0.2, 0.25) is 11.5 Å². The van der Waals surface area contributed by atoms with Gasteiger partial charge in [0.1, 0.15) is 5.69 Å².